The van der Waals surface area contributed by atoms with Gasteiger partial charge in [-0.2, -0.15) is 5.01 Å². The quantitative estimate of drug-likeness (QED) is 0.842. The first-order chi connectivity index (χ1) is 11.2. The van der Waals surface area contributed by atoms with E-state index in [-0.39, 0.29) is 12.2 Å². The molecule has 2 aromatic carbocycles. The number of benzene rings is 2. The molecule has 0 saturated carbocycles. The molecule has 2 heterocycles. The Kier molecular flexibility index (Phi) is 3.34. The van der Waals surface area contributed by atoms with E-state index < -0.39 is 0 Å². The van der Waals surface area contributed by atoms with E-state index >= 15 is 0 Å². The molecule has 1 unspecified atom stereocenters. The molecule has 0 aliphatic carbocycles. The van der Waals surface area contributed by atoms with E-state index in [1.807, 2.05) is 34.2 Å². The Hall–Kier alpha value is -2.33. The summed E-state index contributed by atoms with van der Waals surface area (Å²) in [5, 5.41) is 4.12. The fraction of sp³-hybridized carbons (Fsp3) is 0.316. The van der Waals surface area contributed by atoms with Gasteiger partial charge in [-0.1, -0.05) is 48.5 Å². The van der Waals surface area contributed by atoms with Crippen LogP contribution in [0, 0.1) is 13.8 Å². The third kappa shape index (κ3) is 2.13. The zero-order chi connectivity index (χ0) is 16.0. The van der Waals surface area contributed by atoms with Crippen LogP contribution >= 0.6 is 0 Å². The third-order valence-electron chi connectivity index (χ3n) is 4.80. The number of fused-ring (bicyclic) bond motifs is 1. The highest BCUT2D eigenvalue weighted by Gasteiger charge is 2.48. The van der Waals surface area contributed by atoms with Crippen molar-refractivity contribution in [1.82, 2.24) is 10.0 Å². The topological polar surface area (TPSA) is 26.8 Å². The summed E-state index contributed by atoms with van der Waals surface area (Å²) < 4.78 is 0. The summed E-state index contributed by atoms with van der Waals surface area (Å²) in [6.45, 7) is 5.89. The monoisotopic (exact) mass is 307 g/mol. The Bertz CT molecular complexity index is 723. The number of amides is 2. The molecule has 0 aromatic heterocycles. The average molecular weight is 307 g/mol. The van der Waals surface area contributed by atoms with E-state index in [1.54, 1.807) is 0 Å². The second-order valence-corrected chi connectivity index (χ2v) is 6.32. The zero-order valence-electron chi connectivity index (χ0n) is 13.6. The van der Waals surface area contributed by atoms with Crippen molar-refractivity contribution >= 4 is 11.7 Å². The summed E-state index contributed by atoms with van der Waals surface area (Å²) in [6, 6.07) is 16.6. The first-order valence-corrected chi connectivity index (χ1v) is 8.17. The minimum Gasteiger partial charge on any atom is -0.271 e. The van der Waals surface area contributed by atoms with Crippen molar-refractivity contribution in [2.24, 2.45) is 0 Å². The van der Waals surface area contributed by atoms with E-state index in [0.29, 0.717) is 0 Å². The van der Waals surface area contributed by atoms with Crippen molar-refractivity contribution < 1.29 is 4.79 Å². The average Bonchev–Trinajstić information content (AvgIpc) is 3.12. The first kappa shape index (κ1) is 14.3. The van der Waals surface area contributed by atoms with Crippen LogP contribution in [0.4, 0.5) is 10.5 Å². The number of hydrazine groups is 1. The number of carbonyl (C=O) groups excluding carboxylic acids is 1. The molecule has 4 rings (SSSR count). The fourth-order valence-corrected chi connectivity index (χ4v) is 3.80. The van der Waals surface area contributed by atoms with Gasteiger partial charge in [-0.05, 0) is 37.0 Å². The lowest BCUT2D eigenvalue weighted by atomic mass is 10.1. The van der Waals surface area contributed by atoms with Crippen molar-refractivity contribution in [3.8, 4) is 0 Å². The molecule has 2 fully saturated rings. The highest BCUT2D eigenvalue weighted by Crippen LogP contribution is 2.42. The van der Waals surface area contributed by atoms with Gasteiger partial charge in [-0.25, -0.2) is 4.79 Å². The number of carbonyl (C=O) groups is 1. The molecule has 23 heavy (non-hydrogen) atoms. The van der Waals surface area contributed by atoms with Gasteiger partial charge in [0.15, 0.2) is 0 Å². The molecule has 2 aromatic rings. The van der Waals surface area contributed by atoms with Gasteiger partial charge in [0, 0.05) is 13.1 Å². The van der Waals surface area contributed by atoms with Gasteiger partial charge in [0.2, 0.25) is 0 Å². The van der Waals surface area contributed by atoms with Crippen LogP contribution in [-0.2, 0) is 0 Å². The van der Waals surface area contributed by atoms with E-state index in [0.717, 1.165) is 41.9 Å². The normalized spacial score (nSPS) is 21.1. The molecule has 1 atom stereocenters. The molecule has 2 saturated heterocycles. The van der Waals surface area contributed by atoms with Gasteiger partial charge in [-0.15, -0.1) is 0 Å². The third-order valence-corrected chi connectivity index (χ3v) is 4.80. The Balaban J connectivity index is 1.87. The van der Waals surface area contributed by atoms with E-state index in [4.69, 9.17) is 0 Å². The van der Waals surface area contributed by atoms with E-state index in [1.165, 1.54) is 0 Å². The predicted octanol–water partition coefficient (Wildman–Crippen LogP) is 3.86. The van der Waals surface area contributed by atoms with Gasteiger partial charge < -0.3 is 0 Å². The zero-order valence-corrected chi connectivity index (χ0v) is 13.6. The maximum atomic E-state index is 13.1. The predicted molar refractivity (Wildman–Crippen MR) is 91.0 cm³/mol. The Morgan fingerprint density at radius 2 is 1.61 bits per heavy atom. The first-order valence-electron chi connectivity index (χ1n) is 8.17. The Morgan fingerprint density at radius 1 is 0.913 bits per heavy atom. The number of urea groups is 1. The maximum absolute atomic E-state index is 13.1. The molecule has 0 bridgehead atoms. The standard InChI is InChI=1S/C19H21N3O/c1-14-8-6-9-15(2)17(14)22-18(16-10-4-3-5-11-16)20-12-7-13-21(20)19(22)23/h3-6,8-11,18H,7,12-13H2,1-2H3. The Labute approximate surface area is 136 Å². The van der Waals surface area contributed by atoms with E-state index in [9.17, 15) is 4.79 Å². The molecule has 0 radical (unpaired) electrons. The highest BCUT2D eigenvalue weighted by atomic mass is 16.2. The van der Waals surface area contributed by atoms with Crippen molar-refractivity contribution in [3.05, 3.63) is 65.2 Å². The summed E-state index contributed by atoms with van der Waals surface area (Å²) in [6.07, 6.45) is 0.987. The van der Waals surface area contributed by atoms with Crippen molar-refractivity contribution in [3.63, 3.8) is 0 Å². The number of para-hydroxylation sites is 1. The Morgan fingerprint density at radius 3 is 2.30 bits per heavy atom. The molecule has 2 aliphatic heterocycles. The smallest absolute Gasteiger partial charge is 0.271 e. The second kappa shape index (κ2) is 5.39. The number of nitrogens with zero attached hydrogens (tertiary/aromatic N) is 3. The summed E-state index contributed by atoms with van der Waals surface area (Å²) >= 11 is 0. The van der Waals surface area contributed by atoms with Gasteiger partial charge in [-0.3, -0.25) is 9.91 Å². The lowest BCUT2D eigenvalue weighted by molar-refractivity contribution is 0.0728. The van der Waals surface area contributed by atoms with Crippen LogP contribution in [0.15, 0.2) is 48.5 Å². The maximum Gasteiger partial charge on any atom is 0.340 e. The van der Waals surface area contributed by atoms with Crippen LogP contribution in [0.25, 0.3) is 0 Å². The summed E-state index contributed by atoms with van der Waals surface area (Å²) in [4.78, 5) is 15.1. The van der Waals surface area contributed by atoms with Crippen LogP contribution in [0.2, 0.25) is 0 Å². The van der Waals surface area contributed by atoms with Gasteiger partial charge in [0.25, 0.3) is 0 Å². The van der Waals surface area contributed by atoms with Gasteiger partial charge >= 0.3 is 6.03 Å². The lowest BCUT2D eigenvalue weighted by Gasteiger charge is -2.29. The second-order valence-electron chi connectivity index (χ2n) is 6.32. The summed E-state index contributed by atoms with van der Waals surface area (Å²) in [7, 11) is 0. The molecule has 2 aliphatic rings. The van der Waals surface area contributed by atoms with Crippen LogP contribution in [0.1, 0.15) is 29.3 Å². The number of hydrogen-bond acceptors (Lipinski definition) is 2. The molecule has 0 spiro atoms. The largest absolute Gasteiger partial charge is 0.340 e. The molecule has 0 N–H and O–H groups in total. The fourth-order valence-electron chi connectivity index (χ4n) is 3.80. The minimum absolute atomic E-state index is 0.0500. The number of rotatable bonds is 2. The van der Waals surface area contributed by atoms with Crippen LogP contribution < -0.4 is 4.90 Å². The minimum atomic E-state index is -0.0500. The van der Waals surface area contributed by atoms with Crippen molar-refractivity contribution in [1.29, 1.82) is 0 Å². The van der Waals surface area contributed by atoms with E-state index in [2.05, 4.69) is 43.1 Å². The molecule has 118 valence electrons. The van der Waals surface area contributed by atoms with Crippen LogP contribution in [0.3, 0.4) is 0 Å². The summed E-state index contributed by atoms with van der Waals surface area (Å²) in [5.74, 6) is 0. The van der Waals surface area contributed by atoms with Gasteiger partial charge in [0.05, 0.1) is 5.69 Å². The van der Waals surface area contributed by atoms with Crippen LogP contribution in [0.5, 0.6) is 0 Å². The number of anilines is 1. The lowest BCUT2D eigenvalue weighted by Crippen LogP contribution is -2.33. The highest BCUT2D eigenvalue weighted by molar-refractivity contribution is 5.96. The molecular weight excluding hydrogens is 286 g/mol. The molecular formula is C19H21N3O. The molecule has 4 nitrogen and oxygen atoms in total. The van der Waals surface area contributed by atoms with Crippen molar-refractivity contribution in [2.45, 2.75) is 26.4 Å². The van der Waals surface area contributed by atoms with Crippen molar-refractivity contribution in [2.75, 3.05) is 18.0 Å². The van der Waals surface area contributed by atoms with Gasteiger partial charge in [0.1, 0.15) is 6.17 Å². The molecule has 2 amide bonds. The summed E-state index contributed by atoms with van der Waals surface area (Å²) in [5.41, 5.74) is 4.48. The number of aryl methyl sites for hydroxylation is 2. The SMILES string of the molecule is Cc1cccc(C)c1N1C(=O)N2CCCN2C1c1ccccc1. The van der Waals surface area contributed by atoms with Crippen LogP contribution in [-0.4, -0.2) is 29.1 Å². The number of hydrogen-bond donors (Lipinski definition) is 0. The molecule has 4 heteroatoms.